The van der Waals surface area contributed by atoms with Gasteiger partial charge in [0.05, 0.1) is 11.0 Å². The van der Waals surface area contributed by atoms with Crippen LogP contribution in [0, 0.1) is 0 Å². The van der Waals surface area contributed by atoms with Crippen LogP contribution in [0.4, 0.5) is 0 Å². The van der Waals surface area contributed by atoms with Crippen LogP contribution in [-0.2, 0) is 0 Å². The molecule has 0 aliphatic rings. The van der Waals surface area contributed by atoms with Crippen molar-refractivity contribution in [3.05, 3.63) is 30.3 Å². The van der Waals surface area contributed by atoms with Crippen LogP contribution in [0.2, 0.25) is 0 Å². The molecule has 1 heterocycles. The monoisotopic (exact) mass is 127 g/mol. The van der Waals surface area contributed by atoms with Gasteiger partial charge in [-0.3, -0.25) is 0 Å². The molecule has 0 aliphatic heterocycles. The fourth-order valence-electron chi connectivity index (χ4n) is 1.25. The van der Waals surface area contributed by atoms with Crippen molar-refractivity contribution in [1.29, 1.82) is 0 Å². The Balaban J connectivity index is 2.61. The van der Waals surface area contributed by atoms with Crippen molar-refractivity contribution in [2.24, 2.45) is 0 Å². The fourth-order valence-corrected chi connectivity index (χ4v) is 1.25. The molecule has 0 aliphatic carbocycles. The van der Waals surface area contributed by atoms with E-state index < -0.39 is 0 Å². The first-order valence-corrected chi connectivity index (χ1v) is 3.35. The highest BCUT2D eigenvalue weighted by atomic mass is 14.7. The third kappa shape index (κ3) is 0.346. The van der Waals surface area contributed by atoms with Gasteiger partial charge in [0, 0.05) is 10.8 Å². The lowest BCUT2D eigenvalue weighted by atomic mass is 10.1. The van der Waals surface area contributed by atoms with E-state index in [1.807, 2.05) is 12.1 Å². The van der Waals surface area contributed by atoms with Crippen molar-refractivity contribution < 1.29 is 0 Å². The minimum atomic E-state index is 1.14. The maximum Gasteiger partial charge on any atom is 0.0709 e. The van der Waals surface area contributed by atoms with E-state index in [1.54, 1.807) is 0 Å². The number of hydrogen-bond donors (Lipinski definition) is 0. The molecule has 0 N–H and O–H groups in total. The zero-order valence-corrected chi connectivity index (χ0v) is 5.33. The van der Waals surface area contributed by atoms with Crippen LogP contribution in [0.15, 0.2) is 30.3 Å². The van der Waals surface area contributed by atoms with Crippen LogP contribution in [0.1, 0.15) is 0 Å². The third-order valence-electron chi connectivity index (χ3n) is 1.98. The highest BCUT2D eigenvalue weighted by Gasteiger charge is 2.02. The summed E-state index contributed by atoms with van der Waals surface area (Å²) in [6, 6.07) is 10.4. The number of pyridine rings is 1. The normalized spacial score (nSPS) is 12.0. The Hall–Kier alpha value is -1.37. The van der Waals surface area contributed by atoms with Crippen molar-refractivity contribution in [3.8, 4) is 0 Å². The van der Waals surface area contributed by atoms with Gasteiger partial charge in [0.25, 0.3) is 0 Å². The number of rotatable bonds is 0. The van der Waals surface area contributed by atoms with Crippen molar-refractivity contribution in [1.82, 2.24) is 4.98 Å². The summed E-state index contributed by atoms with van der Waals surface area (Å²) in [6.45, 7) is 0. The molecular formula is C9H5N. The Kier molecular flexibility index (Phi) is 0.539. The molecule has 3 aromatic rings. The standard InChI is InChI=1S/C9H5N/c1-3-8-6(1)5-7-2-4-9(7)10-8/h1-5H. The first kappa shape index (κ1) is 4.45. The van der Waals surface area contributed by atoms with E-state index in [-0.39, 0.29) is 0 Å². The largest absolute Gasteiger partial charge is 0.248 e. The van der Waals surface area contributed by atoms with Gasteiger partial charge in [-0.25, -0.2) is 4.98 Å². The molecule has 0 radical (unpaired) electrons. The molecule has 0 spiro atoms. The zero-order valence-electron chi connectivity index (χ0n) is 5.33. The quantitative estimate of drug-likeness (QED) is 0.451. The summed E-state index contributed by atoms with van der Waals surface area (Å²) in [4.78, 5) is 4.37. The van der Waals surface area contributed by atoms with Crippen LogP contribution < -0.4 is 0 Å². The predicted molar refractivity (Wildman–Crippen MR) is 41.6 cm³/mol. The molecule has 0 atom stereocenters. The van der Waals surface area contributed by atoms with Gasteiger partial charge in [0.2, 0.25) is 0 Å². The molecule has 3 rings (SSSR count). The van der Waals surface area contributed by atoms with Crippen molar-refractivity contribution in [2.75, 3.05) is 0 Å². The van der Waals surface area contributed by atoms with E-state index in [2.05, 4.69) is 23.2 Å². The molecule has 0 amide bonds. The second-order valence-electron chi connectivity index (χ2n) is 2.60. The first-order valence-electron chi connectivity index (χ1n) is 3.35. The molecule has 0 bridgehead atoms. The van der Waals surface area contributed by atoms with Crippen molar-refractivity contribution in [2.45, 2.75) is 0 Å². The Bertz CT molecular complexity index is 374. The van der Waals surface area contributed by atoms with Gasteiger partial charge < -0.3 is 0 Å². The summed E-state index contributed by atoms with van der Waals surface area (Å²) in [7, 11) is 0. The topological polar surface area (TPSA) is 12.9 Å². The summed E-state index contributed by atoms with van der Waals surface area (Å²) in [5, 5.41) is 2.56. The second-order valence-corrected chi connectivity index (χ2v) is 2.60. The lowest BCUT2D eigenvalue weighted by Crippen LogP contribution is -1.85. The van der Waals surface area contributed by atoms with Gasteiger partial charge in [-0.1, -0.05) is 12.1 Å². The smallest absolute Gasteiger partial charge is 0.0709 e. The molecular weight excluding hydrogens is 122 g/mol. The molecule has 1 aromatic heterocycles. The van der Waals surface area contributed by atoms with Gasteiger partial charge in [0.1, 0.15) is 0 Å². The maximum absolute atomic E-state index is 4.37. The van der Waals surface area contributed by atoms with Crippen LogP contribution in [-0.4, -0.2) is 4.98 Å². The van der Waals surface area contributed by atoms with Gasteiger partial charge in [0.15, 0.2) is 0 Å². The molecule has 1 nitrogen and oxygen atoms in total. The third-order valence-corrected chi connectivity index (χ3v) is 1.98. The Labute approximate surface area is 58.0 Å². The zero-order chi connectivity index (χ0) is 6.55. The summed E-state index contributed by atoms with van der Waals surface area (Å²) in [5.41, 5.74) is 2.28. The molecule has 0 unspecified atom stereocenters. The minimum Gasteiger partial charge on any atom is -0.248 e. The van der Waals surface area contributed by atoms with Crippen molar-refractivity contribution in [3.63, 3.8) is 0 Å². The van der Waals surface area contributed by atoms with E-state index in [0.29, 0.717) is 0 Å². The minimum absolute atomic E-state index is 1.14. The number of fused-ring (bicyclic) bond motifs is 2. The Morgan fingerprint density at radius 3 is 1.70 bits per heavy atom. The second kappa shape index (κ2) is 1.21. The summed E-state index contributed by atoms with van der Waals surface area (Å²) >= 11 is 0. The van der Waals surface area contributed by atoms with Crippen LogP contribution in [0.25, 0.3) is 21.8 Å². The Morgan fingerprint density at radius 2 is 1.40 bits per heavy atom. The Morgan fingerprint density at radius 1 is 0.800 bits per heavy atom. The van der Waals surface area contributed by atoms with Crippen LogP contribution >= 0.6 is 0 Å². The highest BCUT2D eigenvalue weighted by Crippen LogP contribution is 2.23. The first-order chi connectivity index (χ1) is 4.93. The molecule has 2 aromatic carbocycles. The average molecular weight is 127 g/mol. The predicted octanol–water partition coefficient (Wildman–Crippen LogP) is 2.26. The summed E-state index contributed by atoms with van der Waals surface area (Å²) in [5.74, 6) is 0. The average Bonchev–Trinajstić information content (AvgIpc) is 1.82. The van der Waals surface area contributed by atoms with Crippen LogP contribution in [0.3, 0.4) is 0 Å². The molecule has 1 heteroatoms. The van der Waals surface area contributed by atoms with Gasteiger partial charge in [-0.2, -0.15) is 0 Å². The molecule has 10 heavy (non-hydrogen) atoms. The van der Waals surface area contributed by atoms with E-state index >= 15 is 0 Å². The van der Waals surface area contributed by atoms with Crippen LogP contribution in [0.5, 0.6) is 0 Å². The lowest BCUT2D eigenvalue weighted by molar-refractivity contribution is 1.48. The maximum atomic E-state index is 4.37. The SMILES string of the molecule is c1cc2nc3ccc3cc12. The molecule has 0 saturated heterocycles. The number of aromatic nitrogens is 1. The van der Waals surface area contributed by atoms with E-state index in [4.69, 9.17) is 0 Å². The molecule has 46 valence electrons. The van der Waals surface area contributed by atoms with E-state index in [1.165, 1.54) is 10.8 Å². The van der Waals surface area contributed by atoms with Crippen molar-refractivity contribution >= 4 is 21.8 Å². The number of hydrogen-bond acceptors (Lipinski definition) is 1. The van der Waals surface area contributed by atoms with Gasteiger partial charge in [-0.05, 0) is 18.2 Å². The fraction of sp³-hybridized carbons (Fsp3) is 0. The van der Waals surface area contributed by atoms with E-state index in [9.17, 15) is 0 Å². The summed E-state index contributed by atoms with van der Waals surface area (Å²) in [6.07, 6.45) is 0. The molecule has 0 saturated carbocycles. The van der Waals surface area contributed by atoms with Gasteiger partial charge >= 0.3 is 0 Å². The highest BCUT2D eigenvalue weighted by molar-refractivity contribution is 5.97. The number of nitrogens with zero attached hydrogens (tertiary/aromatic N) is 1. The van der Waals surface area contributed by atoms with Gasteiger partial charge in [-0.15, -0.1) is 0 Å². The van der Waals surface area contributed by atoms with E-state index in [0.717, 1.165) is 11.0 Å². The molecule has 0 fully saturated rings. The lowest BCUT2D eigenvalue weighted by Gasteiger charge is -2.04. The summed E-state index contributed by atoms with van der Waals surface area (Å²) < 4.78 is 0.